The molecule has 1 aromatic heterocycles. The Bertz CT molecular complexity index is 970. The smallest absolute Gasteiger partial charge is 0.138 e. The van der Waals surface area contributed by atoms with Crippen LogP contribution in [0.4, 0.5) is 0 Å². The number of aryl methyl sites for hydroxylation is 2. The van der Waals surface area contributed by atoms with Crippen LogP contribution in [0.2, 0.25) is 0 Å². The summed E-state index contributed by atoms with van der Waals surface area (Å²) in [6.07, 6.45) is 4.20. The number of aromatic nitrogens is 2. The summed E-state index contributed by atoms with van der Waals surface area (Å²) in [5.74, 6) is 0.921. The maximum Gasteiger partial charge on any atom is 0.138 e. The lowest BCUT2D eigenvalue weighted by Crippen LogP contribution is -2.23. The topological polar surface area (TPSA) is 41.1 Å². The number of aromatic amines is 1. The standard InChI is InChI=1S/C23H25N3O/c1-16-4-5-20(14-17(16)2)18-6-8-19(9-7-18)23-24-21-10-11-26(12-13-27-3)15-22(21)25-23/h4-11,14H,12-13,15H2,1-3H3,(H,24,25). The Labute approximate surface area is 160 Å². The van der Waals surface area contributed by atoms with Crippen LogP contribution in [0.5, 0.6) is 0 Å². The average Bonchev–Trinajstić information content (AvgIpc) is 3.12. The van der Waals surface area contributed by atoms with Crippen molar-refractivity contribution in [3.05, 3.63) is 71.2 Å². The van der Waals surface area contributed by atoms with Gasteiger partial charge in [-0.1, -0.05) is 42.5 Å². The van der Waals surface area contributed by atoms with E-state index in [-0.39, 0.29) is 0 Å². The molecule has 0 saturated carbocycles. The molecule has 2 heterocycles. The maximum absolute atomic E-state index is 5.16. The first-order valence-corrected chi connectivity index (χ1v) is 9.32. The molecule has 1 aliphatic rings. The van der Waals surface area contributed by atoms with E-state index in [1.54, 1.807) is 7.11 Å². The van der Waals surface area contributed by atoms with Crippen molar-refractivity contribution in [1.29, 1.82) is 0 Å². The Morgan fingerprint density at radius 3 is 2.48 bits per heavy atom. The second kappa shape index (κ2) is 7.41. The summed E-state index contributed by atoms with van der Waals surface area (Å²) in [5.41, 5.74) is 8.40. The minimum atomic E-state index is 0.719. The van der Waals surface area contributed by atoms with Crippen molar-refractivity contribution in [2.45, 2.75) is 20.4 Å². The van der Waals surface area contributed by atoms with Crippen molar-refractivity contribution in [1.82, 2.24) is 14.9 Å². The fourth-order valence-corrected chi connectivity index (χ4v) is 3.35. The molecule has 0 saturated heterocycles. The third-order valence-corrected chi connectivity index (χ3v) is 5.20. The number of ether oxygens (including phenoxy) is 1. The van der Waals surface area contributed by atoms with Gasteiger partial charge in [0.2, 0.25) is 0 Å². The molecule has 2 aromatic carbocycles. The number of H-pyrrole nitrogens is 1. The molecule has 0 aliphatic carbocycles. The van der Waals surface area contributed by atoms with Crippen molar-refractivity contribution in [2.24, 2.45) is 0 Å². The van der Waals surface area contributed by atoms with Crippen LogP contribution in [0, 0.1) is 13.8 Å². The summed E-state index contributed by atoms with van der Waals surface area (Å²) in [4.78, 5) is 10.5. The van der Waals surface area contributed by atoms with Crippen molar-refractivity contribution in [2.75, 3.05) is 20.3 Å². The molecular formula is C23H25N3O. The minimum absolute atomic E-state index is 0.719. The first-order valence-electron chi connectivity index (χ1n) is 9.32. The lowest BCUT2D eigenvalue weighted by Gasteiger charge is -2.22. The summed E-state index contributed by atoms with van der Waals surface area (Å²) >= 11 is 0. The average molecular weight is 359 g/mol. The lowest BCUT2D eigenvalue weighted by atomic mass is 9.99. The fraction of sp³-hybridized carbons (Fsp3) is 0.261. The zero-order chi connectivity index (χ0) is 18.8. The molecule has 1 aliphatic heterocycles. The predicted octanol–water partition coefficient (Wildman–Crippen LogP) is 4.79. The first-order chi connectivity index (χ1) is 13.1. The number of rotatable bonds is 5. The zero-order valence-electron chi connectivity index (χ0n) is 16.1. The third kappa shape index (κ3) is 3.67. The fourth-order valence-electron chi connectivity index (χ4n) is 3.35. The predicted molar refractivity (Wildman–Crippen MR) is 110 cm³/mol. The van der Waals surface area contributed by atoms with Crippen LogP contribution < -0.4 is 0 Å². The Morgan fingerprint density at radius 1 is 1.00 bits per heavy atom. The summed E-state index contributed by atoms with van der Waals surface area (Å²) in [7, 11) is 1.73. The normalized spacial score (nSPS) is 13.1. The number of benzene rings is 2. The van der Waals surface area contributed by atoms with E-state index in [0.717, 1.165) is 42.5 Å². The Hall–Kier alpha value is -2.85. The SMILES string of the molecule is COCCN1C=Cc2[nH]c(-c3ccc(-c4ccc(C)c(C)c4)cc3)nc2C1. The van der Waals surface area contributed by atoms with E-state index in [2.05, 4.69) is 78.5 Å². The molecule has 0 unspecified atom stereocenters. The van der Waals surface area contributed by atoms with Gasteiger partial charge in [-0.25, -0.2) is 4.98 Å². The van der Waals surface area contributed by atoms with E-state index in [4.69, 9.17) is 9.72 Å². The van der Waals surface area contributed by atoms with E-state index in [1.165, 1.54) is 22.3 Å². The molecule has 4 rings (SSSR count). The molecule has 3 aromatic rings. The number of methoxy groups -OCH3 is 1. The number of imidazole rings is 1. The molecule has 0 bridgehead atoms. The highest BCUT2D eigenvalue weighted by molar-refractivity contribution is 5.69. The quantitative estimate of drug-likeness (QED) is 0.712. The van der Waals surface area contributed by atoms with Gasteiger partial charge in [0.25, 0.3) is 0 Å². The van der Waals surface area contributed by atoms with E-state index >= 15 is 0 Å². The number of hydrogen-bond acceptors (Lipinski definition) is 3. The van der Waals surface area contributed by atoms with E-state index in [0.29, 0.717) is 0 Å². The highest BCUT2D eigenvalue weighted by Gasteiger charge is 2.16. The van der Waals surface area contributed by atoms with Crippen LogP contribution in [0.15, 0.2) is 48.7 Å². The Kier molecular flexibility index (Phi) is 4.82. The van der Waals surface area contributed by atoms with E-state index in [9.17, 15) is 0 Å². The zero-order valence-corrected chi connectivity index (χ0v) is 16.1. The lowest BCUT2D eigenvalue weighted by molar-refractivity contribution is 0.166. The van der Waals surface area contributed by atoms with Crippen molar-refractivity contribution in [3.63, 3.8) is 0 Å². The summed E-state index contributed by atoms with van der Waals surface area (Å²) in [6.45, 7) is 6.71. The van der Waals surface area contributed by atoms with Crippen molar-refractivity contribution >= 4 is 6.08 Å². The number of nitrogens with one attached hydrogen (secondary N) is 1. The molecule has 0 radical (unpaired) electrons. The third-order valence-electron chi connectivity index (χ3n) is 5.20. The Balaban J connectivity index is 1.54. The second-order valence-electron chi connectivity index (χ2n) is 7.10. The summed E-state index contributed by atoms with van der Waals surface area (Å²) in [5, 5.41) is 0. The first kappa shape index (κ1) is 17.6. The molecule has 0 amide bonds. The highest BCUT2D eigenvalue weighted by atomic mass is 16.5. The van der Waals surface area contributed by atoms with E-state index < -0.39 is 0 Å². The maximum atomic E-state index is 5.16. The molecule has 4 nitrogen and oxygen atoms in total. The number of hydrogen-bond donors (Lipinski definition) is 1. The van der Waals surface area contributed by atoms with Gasteiger partial charge >= 0.3 is 0 Å². The molecule has 27 heavy (non-hydrogen) atoms. The molecule has 1 N–H and O–H groups in total. The molecular weight excluding hydrogens is 334 g/mol. The van der Waals surface area contributed by atoms with Gasteiger partial charge in [0.15, 0.2) is 0 Å². The van der Waals surface area contributed by atoms with Gasteiger partial charge in [0.05, 0.1) is 24.5 Å². The van der Waals surface area contributed by atoms with Gasteiger partial charge in [0.1, 0.15) is 5.82 Å². The number of fused-ring (bicyclic) bond motifs is 1. The van der Waals surface area contributed by atoms with Crippen molar-refractivity contribution < 1.29 is 4.74 Å². The highest BCUT2D eigenvalue weighted by Crippen LogP contribution is 2.27. The monoisotopic (exact) mass is 359 g/mol. The van der Waals surface area contributed by atoms with Crippen LogP contribution in [0.25, 0.3) is 28.6 Å². The summed E-state index contributed by atoms with van der Waals surface area (Å²) in [6, 6.07) is 15.2. The van der Waals surface area contributed by atoms with Gasteiger partial charge in [-0.05, 0) is 42.2 Å². The molecule has 138 valence electrons. The minimum Gasteiger partial charge on any atom is -0.383 e. The van der Waals surface area contributed by atoms with Crippen LogP contribution in [-0.4, -0.2) is 35.1 Å². The van der Waals surface area contributed by atoms with Gasteiger partial charge in [0, 0.05) is 25.4 Å². The Morgan fingerprint density at radius 2 is 1.74 bits per heavy atom. The van der Waals surface area contributed by atoms with Gasteiger partial charge in [-0.2, -0.15) is 0 Å². The second-order valence-corrected chi connectivity index (χ2v) is 7.10. The van der Waals surface area contributed by atoms with Crippen LogP contribution in [-0.2, 0) is 11.3 Å². The van der Waals surface area contributed by atoms with Crippen LogP contribution in [0.1, 0.15) is 22.5 Å². The van der Waals surface area contributed by atoms with Gasteiger partial charge in [-0.15, -0.1) is 0 Å². The molecule has 4 heteroatoms. The van der Waals surface area contributed by atoms with Crippen LogP contribution >= 0.6 is 0 Å². The molecule has 0 atom stereocenters. The van der Waals surface area contributed by atoms with Gasteiger partial charge < -0.3 is 14.6 Å². The number of nitrogens with zero attached hydrogens (tertiary/aromatic N) is 2. The van der Waals surface area contributed by atoms with Gasteiger partial charge in [-0.3, -0.25) is 0 Å². The van der Waals surface area contributed by atoms with E-state index in [1.807, 2.05) is 0 Å². The van der Waals surface area contributed by atoms with Crippen molar-refractivity contribution in [3.8, 4) is 22.5 Å². The molecule has 0 fully saturated rings. The largest absolute Gasteiger partial charge is 0.383 e. The summed E-state index contributed by atoms with van der Waals surface area (Å²) < 4.78 is 5.16. The van der Waals surface area contributed by atoms with Crippen LogP contribution in [0.3, 0.4) is 0 Å². The molecule has 0 spiro atoms.